The van der Waals surface area contributed by atoms with Gasteiger partial charge in [0.25, 0.3) is 0 Å². The van der Waals surface area contributed by atoms with Gasteiger partial charge in [0.2, 0.25) is 0 Å². The highest BCUT2D eigenvalue weighted by atomic mass is 14.9. The number of pyridine rings is 2. The molecule has 6 heteroatoms. The molecule has 0 aliphatic rings. The molecule has 4 aromatic rings. The van der Waals surface area contributed by atoms with Gasteiger partial charge in [-0.15, -0.1) is 0 Å². The summed E-state index contributed by atoms with van der Waals surface area (Å²) >= 11 is 0. The molecule has 0 spiro atoms. The van der Waals surface area contributed by atoms with Crippen LogP contribution >= 0.6 is 0 Å². The van der Waals surface area contributed by atoms with Crippen LogP contribution in [0.3, 0.4) is 0 Å². The van der Waals surface area contributed by atoms with Crippen LogP contribution in [0.15, 0.2) is 55.4 Å². The molecule has 0 aliphatic heterocycles. The molecular weight excluding hydrogens is 276 g/mol. The lowest BCUT2D eigenvalue weighted by atomic mass is 10.1. The summed E-state index contributed by atoms with van der Waals surface area (Å²) in [6.07, 6.45) is 10.5. The minimum Gasteiger partial charge on any atom is -0.397 e. The molecule has 0 fully saturated rings. The Morgan fingerprint density at radius 3 is 2.64 bits per heavy atom. The summed E-state index contributed by atoms with van der Waals surface area (Å²) in [6.45, 7) is 0. The summed E-state index contributed by atoms with van der Waals surface area (Å²) in [4.78, 5) is 20.4. The molecule has 4 aromatic heterocycles. The van der Waals surface area contributed by atoms with E-state index in [0.29, 0.717) is 5.69 Å². The Balaban J connectivity index is 1.91. The van der Waals surface area contributed by atoms with Crippen molar-refractivity contribution < 1.29 is 0 Å². The number of fused-ring (bicyclic) bond motifs is 1. The molecule has 22 heavy (non-hydrogen) atoms. The van der Waals surface area contributed by atoms with Crippen molar-refractivity contribution in [1.29, 1.82) is 0 Å². The Morgan fingerprint density at radius 2 is 1.82 bits per heavy atom. The number of aromatic nitrogens is 5. The van der Waals surface area contributed by atoms with Gasteiger partial charge in [-0.25, -0.2) is 9.97 Å². The molecule has 0 saturated carbocycles. The average molecular weight is 288 g/mol. The molecule has 0 aliphatic carbocycles. The minimum absolute atomic E-state index is 0.616. The van der Waals surface area contributed by atoms with Crippen LogP contribution in [0.1, 0.15) is 0 Å². The van der Waals surface area contributed by atoms with E-state index in [9.17, 15) is 0 Å². The van der Waals surface area contributed by atoms with E-state index in [2.05, 4.69) is 19.9 Å². The van der Waals surface area contributed by atoms with Crippen LogP contribution in [0.25, 0.3) is 33.5 Å². The number of rotatable bonds is 2. The van der Waals surface area contributed by atoms with E-state index in [1.807, 2.05) is 24.4 Å². The topological polar surface area (TPSA) is 93.4 Å². The SMILES string of the molecule is Nc1cncc(-c2c[nH]c3ncc(-c4ccncc4)nc23)c1. The predicted molar refractivity (Wildman–Crippen MR) is 84.8 cm³/mol. The lowest BCUT2D eigenvalue weighted by Crippen LogP contribution is -1.90. The summed E-state index contributed by atoms with van der Waals surface area (Å²) in [7, 11) is 0. The standard InChI is InChI=1S/C16H12N6/c17-12-5-11(6-19-7-12)13-8-20-16-15(13)22-14(9-21-16)10-1-3-18-4-2-10/h1-9H,17H2,(H,20,21). The Kier molecular flexibility index (Phi) is 2.79. The molecule has 0 aromatic carbocycles. The van der Waals surface area contributed by atoms with Crippen LogP contribution in [0.4, 0.5) is 5.69 Å². The second-order valence-electron chi connectivity index (χ2n) is 4.90. The van der Waals surface area contributed by atoms with Gasteiger partial charge in [0.05, 0.1) is 17.6 Å². The smallest absolute Gasteiger partial charge is 0.156 e. The fraction of sp³-hybridized carbons (Fsp3) is 0. The molecule has 4 heterocycles. The van der Waals surface area contributed by atoms with Gasteiger partial charge in [-0.1, -0.05) is 0 Å². The number of nitrogen functional groups attached to an aromatic ring is 1. The number of hydrogen-bond donors (Lipinski definition) is 2. The third-order valence-electron chi connectivity index (χ3n) is 3.43. The van der Waals surface area contributed by atoms with Crippen molar-refractivity contribution in [3.63, 3.8) is 0 Å². The Hall–Kier alpha value is -3.28. The number of nitrogens with zero attached hydrogens (tertiary/aromatic N) is 4. The molecule has 6 nitrogen and oxygen atoms in total. The molecule has 0 radical (unpaired) electrons. The van der Waals surface area contributed by atoms with E-state index >= 15 is 0 Å². The highest BCUT2D eigenvalue weighted by molar-refractivity contribution is 5.91. The second kappa shape index (κ2) is 4.92. The number of nitrogens with one attached hydrogen (secondary N) is 1. The summed E-state index contributed by atoms with van der Waals surface area (Å²) in [6, 6.07) is 5.69. The fourth-order valence-electron chi connectivity index (χ4n) is 2.38. The number of H-pyrrole nitrogens is 1. The molecule has 4 rings (SSSR count). The van der Waals surface area contributed by atoms with Crippen LogP contribution in [0.5, 0.6) is 0 Å². The van der Waals surface area contributed by atoms with E-state index in [-0.39, 0.29) is 0 Å². The van der Waals surface area contributed by atoms with Crippen molar-refractivity contribution in [3.8, 4) is 22.4 Å². The van der Waals surface area contributed by atoms with E-state index in [1.165, 1.54) is 0 Å². The third kappa shape index (κ3) is 2.07. The monoisotopic (exact) mass is 288 g/mol. The van der Waals surface area contributed by atoms with Gasteiger partial charge in [0.15, 0.2) is 5.65 Å². The highest BCUT2D eigenvalue weighted by Crippen LogP contribution is 2.28. The Morgan fingerprint density at radius 1 is 0.955 bits per heavy atom. The number of aromatic amines is 1. The van der Waals surface area contributed by atoms with Gasteiger partial charge in [-0.2, -0.15) is 0 Å². The van der Waals surface area contributed by atoms with E-state index < -0.39 is 0 Å². The molecule has 0 atom stereocenters. The van der Waals surface area contributed by atoms with Crippen molar-refractivity contribution in [3.05, 3.63) is 55.4 Å². The Labute approximate surface area is 126 Å². The summed E-state index contributed by atoms with van der Waals surface area (Å²) < 4.78 is 0. The van der Waals surface area contributed by atoms with Crippen LogP contribution < -0.4 is 5.73 Å². The third-order valence-corrected chi connectivity index (χ3v) is 3.43. The van der Waals surface area contributed by atoms with Crippen molar-refractivity contribution in [2.75, 3.05) is 5.73 Å². The van der Waals surface area contributed by atoms with Crippen molar-refractivity contribution >= 4 is 16.9 Å². The number of hydrogen-bond acceptors (Lipinski definition) is 5. The lowest BCUT2D eigenvalue weighted by Gasteiger charge is -2.02. The molecule has 0 saturated heterocycles. The van der Waals surface area contributed by atoms with Crippen LogP contribution in [0, 0.1) is 0 Å². The second-order valence-corrected chi connectivity index (χ2v) is 4.90. The maximum absolute atomic E-state index is 5.81. The van der Waals surface area contributed by atoms with E-state index in [1.54, 1.807) is 31.0 Å². The molecule has 0 unspecified atom stereocenters. The van der Waals surface area contributed by atoms with Gasteiger partial charge in [0, 0.05) is 47.7 Å². The lowest BCUT2D eigenvalue weighted by molar-refractivity contribution is 1.25. The van der Waals surface area contributed by atoms with Crippen molar-refractivity contribution in [2.45, 2.75) is 0 Å². The zero-order valence-corrected chi connectivity index (χ0v) is 11.6. The van der Waals surface area contributed by atoms with Crippen LogP contribution in [-0.2, 0) is 0 Å². The minimum atomic E-state index is 0.616. The van der Waals surface area contributed by atoms with Crippen LogP contribution in [-0.4, -0.2) is 24.9 Å². The largest absolute Gasteiger partial charge is 0.397 e. The van der Waals surface area contributed by atoms with Gasteiger partial charge in [-0.05, 0) is 18.2 Å². The van der Waals surface area contributed by atoms with Gasteiger partial charge in [-0.3, -0.25) is 9.97 Å². The average Bonchev–Trinajstić information content (AvgIpc) is 2.99. The maximum Gasteiger partial charge on any atom is 0.156 e. The fourth-order valence-corrected chi connectivity index (χ4v) is 2.38. The zero-order valence-electron chi connectivity index (χ0n) is 11.6. The summed E-state index contributed by atoms with van der Waals surface area (Å²) in [5, 5.41) is 0. The van der Waals surface area contributed by atoms with Gasteiger partial charge < -0.3 is 10.7 Å². The summed E-state index contributed by atoms with van der Waals surface area (Å²) in [5.41, 5.74) is 11.6. The first kappa shape index (κ1) is 12.5. The van der Waals surface area contributed by atoms with Crippen molar-refractivity contribution in [1.82, 2.24) is 24.9 Å². The highest BCUT2D eigenvalue weighted by Gasteiger charge is 2.11. The molecule has 106 valence electrons. The van der Waals surface area contributed by atoms with E-state index in [4.69, 9.17) is 10.7 Å². The molecular formula is C16H12N6. The maximum atomic E-state index is 5.81. The van der Waals surface area contributed by atoms with Crippen molar-refractivity contribution in [2.24, 2.45) is 0 Å². The van der Waals surface area contributed by atoms with E-state index in [0.717, 1.165) is 33.5 Å². The quantitative estimate of drug-likeness (QED) is 0.591. The summed E-state index contributed by atoms with van der Waals surface area (Å²) in [5.74, 6) is 0. The molecule has 3 N–H and O–H groups in total. The van der Waals surface area contributed by atoms with Gasteiger partial charge in [0.1, 0.15) is 5.52 Å². The first-order valence-electron chi connectivity index (χ1n) is 6.77. The Bertz CT molecular complexity index is 945. The first-order valence-corrected chi connectivity index (χ1v) is 6.77. The van der Waals surface area contributed by atoms with Gasteiger partial charge >= 0.3 is 0 Å². The number of anilines is 1. The zero-order chi connectivity index (χ0) is 14.9. The molecule has 0 bridgehead atoms. The number of nitrogens with two attached hydrogens (primary N) is 1. The predicted octanol–water partition coefficient (Wildman–Crippen LogP) is 2.66. The molecule has 0 amide bonds. The normalized spacial score (nSPS) is 10.9. The first-order chi connectivity index (χ1) is 10.8. The van der Waals surface area contributed by atoms with Crippen LogP contribution in [0.2, 0.25) is 0 Å².